The molecule has 0 amide bonds. The summed E-state index contributed by atoms with van der Waals surface area (Å²) >= 11 is 1.54. The van der Waals surface area contributed by atoms with Crippen molar-refractivity contribution in [3.05, 3.63) is 64.5 Å². The van der Waals surface area contributed by atoms with Gasteiger partial charge in [0.05, 0.1) is 11.0 Å². The molecule has 1 aromatic heterocycles. The van der Waals surface area contributed by atoms with E-state index in [9.17, 15) is 13.5 Å². The molecule has 3 aromatic rings. The fourth-order valence-electron chi connectivity index (χ4n) is 2.73. The molecule has 1 heterocycles. The molecular formula is C18H19NO3S2. The number of aliphatic hydroxyl groups is 1. The van der Waals surface area contributed by atoms with E-state index in [1.54, 1.807) is 19.1 Å². The van der Waals surface area contributed by atoms with Crippen molar-refractivity contribution in [2.24, 2.45) is 0 Å². The Morgan fingerprint density at radius 3 is 2.67 bits per heavy atom. The molecule has 126 valence electrons. The first-order valence-corrected chi connectivity index (χ1v) is 9.96. The smallest absolute Gasteiger partial charge is 0.240 e. The van der Waals surface area contributed by atoms with Gasteiger partial charge in [0.25, 0.3) is 0 Å². The Kier molecular flexibility index (Phi) is 4.73. The zero-order valence-corrected chi connectivity index (χ0v) is 15.1. The van der Waals surface area contributed by atoms with Crippen LogP contribution in [0.3, 0.4) is 0 Å². The van der Waals surface area contributed by atoms with E-state index in [1.165, 1.54) is 11.3 Å². The van der Waals surface area contributed by atoms with E-state index >= 15 is 0 Å². The van der Waals surface area contributed by atoms with Crippen molar-refractivity contribution < 1.29 is 13.5 Å². The van der Waals surface area contributed by atoms with Gasteiger partial charge in [-0.15, -0.1) is 11.3 Å². The molecule has 4 nitrogen and oxygen atoms in total. The quantitative estimate of drug-likeness (QED) is 0.730. The molecule has 24 heavy (non-hydrogen) atoms. The van der Waals surface area contributed by atoms with Crippen LogP contribution < -0.4 is 4.72 Å². The van der Waals surface area contributed by atoms with Crippen LogP contribution in [-0.4, -0.2) is 20.1 Å². The topological polar surface area (TPSA) is 66.4 Å². The van der Waals surface area contributed by atoms with Crippen LogP contribution in [0.15, 0.2) is 52.7 Å². The first-order chi connectivity index (χ1) is 11.4. The average Bonchev–Trinajstić information content (AvgIpc) is 2.96. The van der Waals surface area contributed by atoms with Gasteiger partial charge >= 0.3 is 0 Å². The first-order valence-electron chi connectivity index (χ1n) is 7.59. The molecule has 6 heteroatoms. The summed E-state index contributed by atoms with van der Waals surface area (Å²) < 4.78 is 28.6. The molecule has 0 radical (unpaired) electrons. The van der Waals surface area contributed by atoms with Crippen molar-refractivity contribution in [3.63, 3.8) is 0 Å². The SMILES string of the molecule is Cc1ccc(S(=O)(=O)NCC(O)c2csc3ccccc23)c(C)c1. The van der Waals surface area contributed by atoms with Gasteiger partial charge in [-0.3, -0.25) is 0 Å². The van der Waals surface area contributed by atoms with E-state index in [0.29, 0.717) is 5.56 Å². The van der Waals surface area contributed by atoms with E-state index < -0.39 is 16.1 Å². The second-order valence-corrected chi connectivity index (χ2v) is 8.47. The lowest BCUT2D eigenvalue weighted by Gasteiger charge is -2.13. The molecule has 0 saturated carbocycles. The molecule has 3 rings (SSSR count). The molecule has 1 unspecified atom stereocenters. The molecule has 0 saturated heterocycles. The van der Waals surface area contributed by atoms with Crippen LogP contribution in [-0.2, 0) is 10.0 Å². The highest BCUT2D eigenvalue weighted by atomic mass is 32.2. The van der Waals surface area contributed by atoms with E-state index in [-0.39, 0.29) is 11.4 Å². The number of hydrogen-bond acceptors (Lipinski definition) is 4. The van der Waals surface area contributed by atoms with Gasteiger partial charge in [-0.05, 0) is 42.3 Å². The number of aliphatic hydroxyl groups excluding tert-OH is 1. The van der Waals surface area contributed by atoms with Crippen LogP contribution in [0.4, 0.5) is 0 Å². The molecule has 0 bridgehead atoms. The highest BCUT2D eigenvalue weighted by Gasteiger charge is 2.20. The fraction of sp³-hybridized carbons (Fsp3) is 0.222. The number of rotatable bonds is 5. The Morgan fingerprint density at radius 1 is 1.17 bits per heavy atom. The third-order valence-corrected chi connectivity index (χ3v) is 6.52. The maximum absolute atomic E-state index is 12.5. The van der Waals surface area contributed by atoms with Crippen molar-refractivity contribution in [2.45, 2.75) is 24.8 Å². The van der Waals surface area contributed by atoms with Gasteiger partial charge in [0.1, 0.15) is 0 Å². The zero-order chi connectivity index (χ0) is 17.3. The van der Waals surface area contributed by atoms with Gasteiger partial charge in [-0.1, -0.05) is 35.9 Å². The van der Waals surface area contributed by atoms with Crippen LogP contribution in [0, 0.1) is 13.8 Å². The minimum atomic E-state index is -3.65. The summed E-state index contributed by atoms with van der Waals surface area (Å²) in [4.78, 5) is 0.246. The highest BCUT2D eigenvalue weighted by molar-refractivity contribution is 7.89. The van der Waals surface area contributed by atoms with Gasteiger partial charge in [-0.25, -0.2) is 13.1 Å². The maximum atomic E-state index is 12.5. The summed E-state index contributed by atoms with van der Waals surface area (Å²) in [6.45, 7) is 3.63. The second kappa shape index (κ2) is 6.64. The number of hydrogen-bond donors (Lipinski definition) is 2. The Labute approximate surface area is 145 Å². The Bertz CT molecular complexity index is 977. The number of fused-ring (bicyclic) bond motifs is 1. The summed E-state index contributed by atoms with van der Waals surface area (Å²) in [5.41, 5.74) is 2.45. The minimum absolute atomic E-state index is 0.0591. The number of thiophene rings is 1. The predicted octanol–water partition coefficient (Wildman–Crippen LogP) is 3.53. The maximum Gasteiger partial charge on any atom is 0.240 e. The highest BCUT2D eigenvalue weighted by Crippen LogP contribution is 2.30. The van der Waals surface area contributed by atoms with E-state index in [2.05, 4.69) is 4.72 Å². The third-order valence-electron chi connectivity index (χ3n) is 3.96. The lowest BCUT2D eigenvalue weighted by molar-refractivity contribution is 0.184. The van der Waals surface area contributed by atoms with Crippen molar-refractivity contribution in [3.8, 4) is 0 Å². The van der Waals surface area contributed by atoms with Gasteiger partial charge in [0.15, 0.2) is 0 Å². The fourth-order valence-corrected chi connectivity index (χ4v) is 5.00. The molecule has 2 N–H and O–H groups in total. The summed E-state index contributed by atoms with van der Waals surface area (Å²) in [6.07, 6.45) is -0.887. The van der Waals surface area contributed by atoms with Gasteiger partial charge in [-0.2, -0.15) is 0 Å². The number of nitrogens with one attached hydrogen (secondary N) is 1. The lowest BCUT2D eigenvalue weighted by atomic mass is 10.1. The zero-order valence-electron chi connectivity index (χ0n) is 13.5. The van der Waals surface area contributed by atoms with Gasteiger partial charge in [0, 0.05) is 16.8 Å². The largest absolute Gasteiger partial charge is 0.387 e. The number of aryl methyl sites for hydroxylation is 2. The average molecular weight is 361 g/mol. The molecule has 0 spiro atoms. The van der Waals surface area contributed by atoms with Crippen molar-refractivity contribution in [1.82, 2.24) is 4.72 Å². The van der Waals surface area contributed by atoms with Crippen molar-refractivity contribution >= 4 is 31.4 Å². The Hall–Kier alpha value is -1.73. The summed E-state index contributed by atoms with van der Waals surface area (Å²) in [5, 5.41) is 13.2. The molecule has 0 fully saturated rings. The summed E-state index contributed by atoms with van der Waals surface area (Å²) in [6, 6.07) is 13.0. The molecular weight excluding hydrogens is 342 g/mol. The normalized spacial score (nSPS) is 13.3. The van der Waals surface area contributed by atoms with E-state index in [1.807, 2.05) is 42.6 Å². The van der Waals surface area contributed by atoms with Crippen molar-refractivity contribution in [1.29, 1.82) is 0 Å². The third kappa shape index (κ3) is 3.37. The second-order valence-electron chi connectivity index (χ2n) is 5.82. The standard InChI is InChI=1S/C18H19NO3S2/c1-12-7-8-18(13(2)9-12)24(21,22)19-10-16(20)15-11-23-17-6-4-3-5-14(15)17/h3-9,11,16,19-20H,10H2,1-2H3. The van der Waals surface area contributed by atoms with Crippen molar-refractivity contribution in [2.75, 3.05) is 6.54 Å². The van der Waals surface area contributed by atoms with E-state index in [0.717, 1.165) is 21.2 Å². The molecule has 0 aliphatic rings. The van der Waals surface area contributed by atoms with Gasteiger partial charge < -0.3 is 5.11 Å². The monoisotopic (exact) mass is 361 g/mol. The van der Waals surface area contributed by atoms with Crippen LogP contribution in [0.1, 0.15) is 22.8 Å². The minimum Gasteiger partial charge on any atom is -0.387 e. The summed E-state index contributed by atoms with van der Waals surface area (Å²) in [5.74, 6) is 0. The first kappa shape index (κ1) is 17.1. The van der Waals surface area contributed by atoms with Crippen LogP contribution in [0.5, 0.6) is 0 Å². The molecule has 2 aromatic carbocycles. The Morgan fingerprint density at radius 2 is 1.92 bits per heavy atom. The lowest BCUT2D eigenvalue weighted by Crippen LogP contribution is -2.29. The van der Waals surface area contributed by atoms with E-state index in [4.69, 9.17) is 0 Å². The number of sulfonamides is 1. The van der Waals surface area contributed by atoms with Gasteiger partial charge in [0.2, 0.25) is 10.0 Å². The Balaban J connectivity index is 1.79. The molecule has 0 aliphatic carbocycles. The molecule has 0 aliphatic heterocycles. The van der Waals surface area contributed by atoms with Crippen LogP contribution >= 0.6 is 11.3 Å². The van der Waals surface area contributed by atoms with Crippen LogP contribution in [0.25, 0.3) is 10.1 Å². The van der Waals surface area contributed by atoms with Crippen LogP contribution in [0.2, 0.25) is 0 Å². The number of benzene rings is 2. The predicted molar refractivity (Wildman–Crippen MR) is 97.9 cm³/mol. The molecule has 1 atom stereocenters. The summed E-state index contributed by atoms with van der Waals surface area (Å²) in [7, 11) is -3.65.